The van der Waals surface area contributed by atoms with E-state index in [0.717, 1.165) is 19.4 Å². The Morgan fingerprint density at radius 2 is 0.407 bits per heavy atom. The van der Waals surface area contributed by atoms with Gasteiger partial charge in [0.15, 0.2) is 0 Å². The summed E-state index contributed by atoms with van der Waals surface area (Å²) in [6, 6.07) is 0.716. The lowest BCUT2D eigenvalue weighted by molar-refractivity contribution is -0.0275. The maximum Gasteiger partial charge on any atom is 0.500 e. The Morgan fingerprint density at radius 1 is 0.220 bits per heavy atom. The molecule has 0 saturated heterocycles. The van der Waals surface area contributed by atoms with E-state index < -0.39 is 8.80 Å². The van der Waals surface area contributed by atoms with Crippen LogP contribution in [0.3, 0.4) is 0 Å². The van der Waals surface area contributed by atoms with Crippen LogP contribution < -0.4 is 0 Å². The highest BCUT2D eigenvalue weighted by molar-refractivity contribution is 6.60. The first kappa shape index (κ1) is 58.7. The van der Waals surface area contributed by atoms with Crippen LogP contribution in [0.25, 0.3) is 0 Å². The van der Waals surface area contributed by atoms with Crippen molar-refractivity contribution < 1.29 is 65.4 Å². The third-order valence-corrected chi connectivity index (χ3v) is 12.4. The Kier molecular flexibility index (Phi) is 51.7. The van der Waals surface area contributed by atoms with Crippen LogP contribution >= 0.6 is 0 Å². The van der Waals surface area contributed by atoms with Crippen molar-refractivity contribution in [1.82, 2.24) is 0 Å². The zero-order valence-electron chi connectivity index (χ0n) is 38.5. The van der Waals surface area contributed by atoms with Crippen molar-refractivity contribution in [3.63, 3.8) is 0 Å². The van der Waals surface area contributed by atoms with Crippen LogP contribution in [0.15, 0.2) is 0 Å². The first-order valence-corrected chi connectivity index (χ1v) is 25.2. The normalized spacial score (nSPS) is 12.0. The lowest BCUT2D eigenvalue weighted by Crippen LogP contribution is -2.42. The summed E-state index contributed by atoms with van der Waals surface area (Å²) in [5.41, 5.74) is 0. The molecule has 0 unspecified atom stereocenters. The highest BCUT2D eigenvalue weighted by Gasteiger charge is 2.36. The minimum atomic E-state index is -2.51. The van der Waals surface area contributed by atoms with E-state index in [9.17, 15) is 0 Å². The Morgan fingerprint density at radius 3 is 0.627 bits per heavy atom. The fourth-order valence-electron chi connectivity index (χ4n) is 6.00. The predicted octanol–water partition coefficient (Wildman–Crippen LogP) is 7.70. The smallest absolute Gasteiger partial charge is 0.379 e. The van der Waals surface area contributed by atoms with Gasteiger partial charge < -0.3 is 65.4 Å². The zero-order chi connectivity index (χ0) is 42.7. The molecular formula is C44H92O14Si. The summed E-state index contributed by atoms with van der Waals surface area (Å²) in [6.07, 6.45) is 23.0. The number of hydrogen-bond acceptors (Lipinski definition) is 14. The predicted molar refractivity (Wildman–Crippen MR) is 235 cm³/mol. The molecule has 0 N–H and O–H groups in total. The molecule has 0 aromatic carbocycles. The van der Waals surface area contributed by atoms with Crippen LogP contribution in [0.2, 0.25) is 6.04 Å². The number of ether oxygens (including phenoxy) is 11. The van der Waals surface area contributed by atoms with E-state index in [1.807, 2.05) is 0 Å². The van der Waals surface area contributed by atoms with Crippen molar-refractivity contribution in [3.05, 3.63) is 0 Å². The fourth-order valence-corrected chi connectivity index (χ4v) is 7.69. The van der Waals surface area contributed by atoms with Crippen LogP contribution in [0, 0.1) is 0 Å². The molecule has 0 bridgehead atoms. The Hall–Kier alpha value is -0.343. The fraction of sp³-hybridized carbons (Fsp3) is 1.00. The highest BCUT2D eigenvalue weighted by atomic mass is 28.4. The third-order valence-electron chi connectivity index (χ3n) is 9.57. The van der Waals surface area contributed by atoms with Gasteiger partial charge in [-0.15, -0.1) is 0 Å². The maximum atomic E-state index is 5.70. The molecule has 0 aliphatic carbocycles. The average Bonchev–Trinajstić information content (AvgIpc) is 3.26. The minimum absolute atomic E-state index is 0.511. The second-order valence-corrected chi connectivity index (χ2v) is 17.5. The van der Waals surface area contributed by atoms with Gasteiger partial charge in [-0.05, 0) is 12.8 Å². The lowest BCUT2D eigenvalue weighted by Gasteiger charge is -2.24. The van der Waals surface area contributed by atoms with Crippen LogP contribution in [0.5, 0.6) is 0 Å². The SMILES string of the molecule is CCCCCCCCCCCCCCCCCCOCCOCCOCCOCCOCCOCCOCCOCCOCCOCCOCCC[Si](OC)(OC)OC. The molecule has 0 atom stereocenters. The van der Waals surface area contributed by atoms with Crippen LogP contribution in [-0.4, -0.2) is 175 Å². The van der Waals surface area contributed by atoms with Gasteiger partial charge >= 0.3 is 8.80 Å². The third kappa shape index (κ3) is 47.0. The number of unbranched alkanes of at least 4 members (excludes halogenated alkanes) is 15. The molecule has 0 aromatic rings. The summed E-state index contributed by atoms with van der Waals surface area (Å²) in [4.78, 5) is 0. The van der Waals surface area contributed by atoms with Crippen molar-refractivity contribution in [2.24, 2.45) is 0 Å². The van der Waals surface area contributed by atoms with Crippen molar-refractivity contribution in [3.8, 4) is 0 Å². The molecule has 0 rings (SSSR count). The van der Waals surface area contributed by atoms with Gasteiger partial charge in [-0.1, -0.05) is 103 Å². The largest absolute Gasteiger partial charge is 0.500 e. The van der Waals surface area contributed by atoms with Gasteiger partial charge in [-0.2, -0.15) is 0 Å². The summed E-state index contributed by atoms with van der Waals surface area (Å²) >= 11 is 0. The van der Waals surface area contributed by atoms with E-state index in [2.05, 4.69) is 6.92 Å². The summed E-state index contributed by atoms with van der Waals surface area (Å²) in [7, 11) is 2.33. The van der Waals surface area contributed by atoms with E-state index >= 15 is 0 Å². The van der Waals surface area contributed by atoms with Gasteiger partial charge in [-0.3, -0.25) is 0 Å². The molecule has 0 aliphatic heterocycles. The van der Waals surface area contributed by atoms with Gasteiger partial charge in [-0.25, -0.2) is 0 Å². The molecule has 0 amide bonds. The van der Waals surface area contributed by atoms with Gasteiger partial charge in [0.05, 0.1) is 132 Å². The molecule has 0 fully saturated rings. The topological polar surface area (TPSA) is 129 Å². The Balaban J connectivity index is 3.10. The second-order valence-electron chi connectivity index (χ2n) is 14.4. The molecule has 59 heavy (non-hydrogen) atoms. The van der Waals surface area contributed by atoms with E-state index in [4.69, 9.17) is 65.4 Å². The van der Waals surface area contributed by atoms with Crippen molar-refractivity contribution in [2.75, 3.05) is 167 Å². The maximum absolute atomic E-state index is 5.70. The molecule has 356 valence electrons. The quantitative estimate of drug-likeness (QED) is 0.0437. The summed E-state index contributed by atoms with van der Waals surface area (Å²) in [5, 5.41) is 0. The molecule has 0 heterocycles. The molecule has 0 aliphatic rings. The molecule has 0 saturated carbocycles. The average molecular weight is 873 g/mol. The number of hydrogen-bond donors (Lipinski definition) is 0. The van der Waals surface area contributed by atoms with Gasteiger partial charge in [0.1, 0.15) is 0 Å². The van der Waals surface area contributed by atoms with Gasteiger partial charge in [0.25, 0.3) is 0 Å². The molecule has 0 aromatic heterocycles. The van der Waals surface area contributed by atoms with Crippen molar-refractivity contribution in [1.29, 1.82) is 0 Å². The second kappa shape index (κ2) is 52.0. The Labute approximate surface area is 362 Å². The van der Waals surface area contributed by atoms with E-state index in [-0.39, 0.29) is 0 Å². The minimum Gasteiger partial charge on any atom is -0.379 e. The van der Waals surface area contributed by atoms with E-state index in [1.54, 1.807) is 21.3 Å². The molecule has 15 heteroatoms. The lowest BCUT2D eigenvalue weighted by atomic mass is 10.0. The van der Waals surface area contributed by atoms with Crippen LogP contribution in [0.1, 0.15) is 116 Å². The summed E-state index contributed by atoms with van der Waals surface area (Å²) in [6.45, 7) is 14.4. The van der Waals surface area contributed by atoms with Crippen molar-refractivity contribution in [2.45, 2.75) is 122 Å². The first-order chi connectivity index (χ1) is 29.2. The summed E-state index contributed by atoms with van der Waals surface area (Å²) in [5.74, 6) is 0. The van der Waals surface area contributed by atoms with Gasteiger partial charge in [0, 0.05) is 40.6 Å². The molecule has 0 radical (unpaired) electrons. The van der Waals surface area contributed by atoms with E-state index in [0.29, 0.717) is 145 Å². The zero-order valence-corrected chi connectivity index (χ0v) is 39.5. The molecular weight excluding hydrogens is 781 g/mol. The molecule has 0 spiro atoms. The van der Waals surface area contributed by atoms with Crippen LogP contribution in [-0.2, 0) is 65.4 Å². The number of rotatable bonds is 54. The Bertz CT molecular complexity index is 748. The standard InChI is InChI=1S/C44H92O14Si/c1-5-6-7-8-9-10-11-12-13-14-15-16-17-18-19-20-22-48-24-26-50-28-30-52-32-34-54-36-38-56-40-42-58-43-41-57-39-37-55-35-33-53-31-29-51-27-25-49-23-21-44-59(45-2,46-3)47-4/h5-44H2,1-4H3. The monoisotopic (exact) mass is 873 g/mol. The summed E-state index contributed by atoms with van der Waals surface area (Å²) < 4.78 is 77.2. The van der Waals surface area contributed by atoms with E-state index in [1.165, 1.54) is 96.3 Å². The van der Waals surface area contributed by atoms with Gasteiger partial charge in [0.2, 0.25) is 0 Å². The van der Waals surface area contributed by atoms with Crippen LogP contribution in [0.4, 0.5) is 0 Å². The van der Waals surface area contributed by atoms with Crippen molar-refractivity contribution >= 4 is 8.80 Å². The highest BCUT2D eigenvalue weighted by Crippen LogP contribution is 2.15. The molecule has 14 nitrogen and oxygen atoms in total. The first-order valence-electron chi connectivity index (χ1n) is 23.2.